The second-order valence-electron chi connectivity index (χ2n) is 20.7. The lowest BCUT2D eigenvalue weighted by atomic mass is 9.58. The Morgan fingerprint density at radius 3 is 2.31 bits per heavy atom. The van der Waals surface area contributed by atoms with Crippen molar-refractivity contribution in [3.8, 4) is 0 Å². The molecule has 2 aliphatic heterocycles. The monoisotopic (exact) mass is 979 g/mol. The van der Waals surface area contributed by atoms with E-state index in [2.05, 4.69) is 63.3 Å². The van der Waals surface area contributed by atoms with Crippen LogP contribution in [0.3, 0.4) is 0 Å². The minimum absolute atomic E-state index is 0.0692. The molecule has 4 heterocycles. The molecule has 5 amide bonds. The molecule has 3 N–H and O–H groups in total. The van der Waals surface area contributed by atoms with Crippen LogP contribution in [-0.2, 0) is 51.2 Å². The number of amides is 5. The summed E-state index contributed by atoms with van der Waals surface area (Å²) in [5, 5.41) is 16.9. The van der Waals surface area contributed by atoms with E-state index in [1.165, 1.54) is 17.7 Å². The Morgan fingerprint density at radius 1 is 0.971 bits per heavy atom. The summed E-state index contributed by atoms with van der Waals surface area (Å²) in [7, 11) is 1.94. The summed E-state index contributed by atoms with van der Waals surface area (Å²) in [5.74, 6) is 1.29. The summed E-state index contributed by atoms with van der Waals surface area (Å²) in [6, 6.07) is 13.2. The van der Waals surface area contributed by atoms with Crippen LogP contribution in [0.5, 0.6) is 0 Å². The quantitative estimate of drug-likeness (QED) is 0.0914. The molecule has 2 aromatic heterocycles. The fourth-order valence-corrected chi connectivity index (χ4v) is 10.6. The number of pyridine rings is 1. The maximum absolute atomic E-state index is 14.6. The van der Waals surface area contributed by atoms with Crippen molar-refractivity contribution in [2.75, 3.05) is 41.0 Å². The Kier molecular flexibility index (Phi) is 16.0. The third-order valence-electron chi connectivity index (χ3n) is 13.4. The Hall–Kier alpha value is -6.01. The molecule has 0 bridgehead atoms. The molecule has 2 fully saturated rings. The first-order valence-corrected chi connectivity index (χ1v) is 25.7. The maximum Gasteiger partial charge on any atom is 0.415 e. The van der Waals surface area contributed by atoms with Gasteiger partial charge in [0.15, 0.2) is 0 Å². The summed E-state index contributed by atoms with van der Waals surface area (Å²) in [5.41, 5.74) is 3.56. The zero-order valence-corrected chi connectivity index (χ0v) is 43.4. The molecule has 18 heteroatoms. The predicted molar refractivity (Wildman–Crippen MR) is 271 cm³/mol. The molecule has 2 aromatic carbocycles. The number of alkyl carbamates (subject to hydrolysis) is 1. The number of aromatic nitrogens is 4. The molecule has 4 aromatic rings. The van der Waals surface area contributed by atoms with Gasteiger partial charge >= 0.3 is 12.2 Å². The molecule has 0 unspecified atom stereocenters. The zero-order valence-electron chi connectivity index (χ0n) is 42.6. The van der Waals surface area contributed by atoms with Crippen molar-refractivity contribution in [1.82, 2.24) is 35.3 Å². The SMILES string of the molecule is CCN(C(=O)OCc1ccc(NC(=O)[C@H](C)NC(=O)[C@@H](NC(=O)OC(C)(C)C)C(C)C)cc1)c1cc([C@]2(c3nncn3C)C[C@@H](C)C2)cc(N2Cc3c(SC)cc(CN4CCC[C@H](C)C4)cc3C2=O)n1. The van der Waals surface area contributed by atoms with Crippen LogP contribution in [0.2, 0.25) is 0 Å². The van der Waals surface area contributed by atoms with Crippen LogP contribution in [0.15, 0.2) is 59.8 Å². The number of benzene rings is 2. The van der Waals surface area contributed by atoms with Crippen molar-refractivity contribution in [2.45, 2.75) is 136 Å². The normalized spacial score (nSPS) is 20.0. The molecule has 0 spiro atoms. The summed E-state index contributed by atoms with van der Waals surface area (Å²) >= 11 is 1.65. The number of carbonyl (C=O) groups is 5. The van der Waals surface area contributed by atoms with Gasteiger partial charge < -0.3 is 30.0 Å². The van der Waals surface area contributed by atoms with Crippen LogP contribution in [0.25, 0.3) is 0 Å². The van der Waals surface area contributed by atoms with Gasteiger partial charge in [0.25, 0.3) is 5.91 Å². The number of rotatable bonds is 16. The highest BCUT2D eigenvalue weighted by atomic mass is 32.2. The van der Waals surface area contributed by atoms with Crippen molar-refractivity contribution in [3.05, 3.63) is 88.5 Å². The minimum atomic E-state index is -0.927. The van der Waals surface area contributed by atoms with Crippen LogP contribution in [0.4, 0.5) is 26.9 Å². The average Bonchev–Trinajstić information content (AvgIpc) is 3.88. The Balaban J connectivity index is 1.07. The summed E-state index contributed by atoms with van der Waals surface area (Å²) in [4.78, 5) is 79.3. The average molecular weight is 979 g/mol. The van der Waals surface area contributed by atoms with Gasteiger partial charge in [0, 0.05) is 42.8 Å². The van der Waals surface area contributed by atoms with Crippen molar-refractivity contribution in [2.24, 2.45) is 24.8 Å². The van der Waals surface area contributed by atoms with Crippen molar-refractivity contribution < 1.29 is 33.4 Å². The highest BCUT2D eigenvalue weighted by Crippen LogP contribution is 2.52. The third-order valence-corrected chi connectivity index (χ3v) is 14.2. The van der Waals surface area contributed by atoms with Crippen LogP contribution < -0.4 is 25.8 Å². The van der Waals surface area contributed by atoms with Gasteiger partial charge in [-0.2, -0.15) is 0 Å². The van der Waals surface area contributed by atoms with Gasteiger partial charge in [-0.05, 0) is 150 Å². The second-order valence-corrected chi connectivity index (χ2v) is 21.6. The number of piperidine rings is 1. The lowest BCUT2D eigenvalue weighted by molar-refractivity contribution is -0.128. The van der Waals surface area contributed by atoms with E-state index < -0.39 is 47.1 Å². The first-order valence-electron chi connectivity index (χ1n) is 24.4. The molecule has 1 saturated carbocycles. The highest BCUT2D eigenvalue weighted by Gasteiger charge is 2.49. The van der Waals surface area contributed by atoms with E-state index in [-0.39, 0.29) is 25.0 Å². The predicted octanol–water partition coefficient (Wildman–Crippen LogP) is 8.20. The number of ether oxygens (including phenoxy) is 2. The molecule has 3 atom stereocenters. The number of carbonyl (C=O) groups excluding carboxylic acids is 5. The van der Waals surface area contributed by atoms with Crippen molar-refractivity contribution >= 4 is 59.0 Å². The van der Waals surface area contributed by atoms with Crippen LogP contribution in [0.1, 0.15) is 126 Å². The highest BCUT2D eigenvalue weighted by molar-refractivity contribution is 7.98. The van der Waals surface area contributed by atoms with Crippen LogP contribution in [0, 0.1) is 17.8 Å². The standard InChI is InChI=1S/C52H70N10O7S/c1-12-61(50(67)68-29-35-15-17-38(18-16-35)55-45(63)34(6)54-46(64)44(31(2)3)57-49(66)69-51(7,8)9)42-22-37(52(24-33(5)25-52)48-58-53-30-59(48)10)23-43(56-42)62-28-40-39(47(62)65)20-36(21-41(40)70-11)27-60-19-13-14-32(4)26-60/h15-18,20-23,30-34,44H,12-14,19,24-29H2,1-11H3,(H,54,64)(H,55,63)(H,57,66)/t32-,33-,34-,44-,52+/m0/s1. The molecule has 376 valence electrons. The zero-order chi connectivity index (χ0) is 50.7. The number of hydrogen-bond acceptors (Lipinski definition) is 12. The van der Waals surface area contributed by atoms with E-state index >= 15 is 0 Å². The van der Waals surface area contributed by atoms with Crippen LogP contribution >= 0.6 is 11.8 Å². The van der Waals surface area contributed by atoms with E-state index in [1.54, 1.807) is 88.8 Å². The van der Waals surface area contributed by atoms with E-state index in [1.807, 2.05) is 30.7 Å². The van der Waals surface area contributed by atoms with Gasteiger partial charge in [-0.1, -0.05) is 39.8 Å². The lowest BCUT2D eigenvalue weighted by Crippen LogP contribution is -2.54. The number of anilines is 3. The minimum Gasteiger partial charge on any atom is -0.444 e. The van der Waals surface area contributed by atoms with E-state index in [0.29, 0.717) is 46.8 Å². The Morgan fingerprint density at radius 2 is 1.70 bits per heavy atom. The molecule has 17 nitrogen and oxygen atoms in total. The molecular weight excluding hydrogens is 909 g/mol. The van der Waals surface area contributed by atoms with Crippen molar-refractivity contribution in [3.63, 3.8) is 0 Å². The summed E-state index contributed by atoms with van der Waals surface area (Å²) < 4.78 is 13.2. The van der Waals surface area contributed by atoms with Gasteiger partial charge in [0.1, 0.15) is 48.1 Å². The van der Waals surface area contributed by atoms with E-state index in [4.69, 9.17) is 14.5 Å². The van der Waals surface area contributed by atoms with Gasteiger partial charge in [-0.25, -0.2) is 14.6 Å². The smallest absolute Gasteiger partial charge is 0.415 e. The number of fused-ring (bicyclic) bond motifs is 1. The number of likely N-dealkylation sites (tertiary alicyclic amines) is 1. The van der Waals surface area contributed by atoms with Gasteiger partial charge in [-0.3, -0.25) is 29.1 Å². The Bertz CT molecular complexity index is 2570. The molecule has 1 saturated heterocycles. The fraction of sp³-hybridized carbons (Fsp3) is 0.538. The number of nitrogens with one attached hydrogen (secondary N) is 3. The lowest BCUT2D eigenvalue weighted by Gasteiger charge is -2.46. The second kappa shape index (κ2) is 21.5. The van der Waals surface area contributed by atoms with E-state index in [9.17, 15) is 24.0 Å². The third kappa shape index (κ3) is 11.8. The molecular formula is C52H70N10O7S. The number of nitrogens with zero attached hydrogens (tertiary/aromatic N) is 7. The number of aryl methyl sites for hydroxylation is 1. The van der Waals surface area contributed by atoms with E-state index in [0.717, 1.165) is 59.9 Å². The molecule has 70 heavy (non-hydrogen) atoms. The molecule has 3 aliphatic rings. The van der Waals surface area contributed by atoms with Gasteiger partial charge in [-0.15, -0.1) is 22.0 Å². The molecule has 0 radical (unpaired) electrons. The number of hydrogen-bond donors (Lipinski definition) is 3. The number of thioether (sulfide) groups is 1. The topological polar surface area (TPSA) is 193 Å². The fourth-order valence-electron chi connectivity index (χ4n) is 9.91. The first-order chi connectivity index (χ1) is 33.2. The molecule has 7 rings (SSSR count). The summed E-state index contributed by atoms with van der Waals surface area (Å²) in [6.45, 7) is 20.1. The largest absolute Gasteiger partial charge is 0.444 e. The summed E-state index contributed by atoms with van der Waals surface area (Å²) in [6.07, 6.45) is 6.43. The first kappa shape index (κ1) is 51.8. The van der Waals surface area contributed by atoms with Crippen LogP contribution in [-0.4, -0.2) is 98.1 Å². The van der Waals surface area contributed by atoms with Gasteiger partial charge in [0.05, 0.1) is 12.0 Å². The van der Waals surface area contributed by atoms with Crippen molar-refractivity contribution in [1.29, 1.82) is 0 Å². The maximum atomic E-state index is 14.6. The molecule has 1 aliphatic carbocycles. The van der Waals surface area contributed by atoms with Gasteiger partial charge in [0.2, 0.25) is 11.8 Å². The Labute approximate surface area is 416 Å².